The van der Waals surface area contributed by atoms with Crippen molar-refractivity contribution in [3.8, 4) is 5.75 Å². The highest BCUT2D eigenvalue weighted by atomic mass is 35.5. The van der Waals surface area contributed by atoms with Gasteiger partial charge in [0.15, 0.2) is 0 Å². The number of carbonyl (C=O) groups is 1. The summed E-state index contributed by atoms with van der Waals surface area (Å²) >= 11 is 6.16. The number of benzene rings is 2. The molecule has 0 saturated heterocycles. The van der Waals surface area contributed by atoms with Crippen LogP contribution in [-0.4, -0.2) is 44.8 Å². The first-order valence-corrected chi connectivity index (χ1v) is 10.0. The minimum atomic E-state index is -3.70. The largest absolute Gasteiger partial charge is 0.496 e. The average molecular weight is 420 g/mol. The number of para-hydroxylation sites is 1. The molecule has 9 heteroatoms. The summed E-state index contributed by atoms with van der Waals surface area (Å²) in [6.45, 7) is 0. The predicted molar refractivity (Wildman–Crippen MR) is 109 cm³/mol. The van der Waals surface area contributed by atoms with Gasteiger partial charge in [0.25, 0.3) is 5.91 Å². The van der Waals surface area contributed by atoms with Gasteiger partial charge < -0.3 is 10.1 Å². The van der Waals surface area contributed by atoms with Crippen LogP contribution in [0.15, 0.2) is 53.6 Å². The molecular weight excluding hydrogens is 402 g/mol. The molecule has 0 unspecified atom stereocenters. The molecule has 0 fully saturated rings. The number of rotatable bonds is 5. The molecule has 0 saturated carbocycles. The Morgan fingerprint density at radius 1 is 1.18 bits per heavy atom. The summed E-state index contributed by atoms with van der Waals surface area (Å²) in [7, 11) is 0.555. The van der Waals surface area contributed by atoms with Gasteiger partial charge in [-0.25, -0.2) is 12.7 Å². The summed E-state index contributed by atoms with van der Waals surface area (Å²) in [5, 5.41) is 3.91. The third-order valence-electron chi connectivity index (χ3n) is 4.16. The number of methoxy groups -OCH3 is 1. The Balaban J connectivity index is 2.05. The molecule has 0 aliphatic heterocycles. The number of amides is 1. The summed E-state index contributed by atoms with van der Waals surface area (Å²) in [6.07, 6.45) is 1.54. The van der Waals surface area contributed by atoms with Gasteiger partial charge in [-0.2, -0.15) is 0 Å². The molecule has 0 spiro atoms. The number of anilines is 1. The van der Waals surface area contributed by atoms with E-state index in [0.717, 1.165) is 4.31 Å². The van der Waals surface area contributed by atoms with E-state index >= 15 is 0 Å². The lowest BCUT2D eigenvalue weighted by Gasteiger charge is -2.15. The Morgan fingerprint density at radius 2 is 1.93 bits per heavy atom. The third kappa shape index (κ3) is 3.66. The van der Waals surface area contributed by atoms with Crippen LogP contribution in [0.25, 0.3) is 10.9 Å². The number of aromatic nitrogens is 1. The van der Waals surface area contributed by atoms with Crippen molar-refractivity contribution >= 4 is 44.1 Å². The van der Waals surface area contributed by atoms with Gasteiger partial charge in [0.05, 0.1) is 33.8 Å². The molecular formula is C19H18ClN3O4S. The highest BCUT2D eigenvalue weighted by Gasteiger charge is 2.22. The summed E-state index contributed by atoms with van der Waals surface area (Å²) < 4.78 is 31.1. The number of nitrogens with zero attached hydrogens (tertiary/aromatic N) is 2. The highest BCUT2D eigenvalue weighted by molar-refractivity contribution is 7.89. The number of fused-ring (bicyclic) bond motifs is 1. The molecule has 0 aliphatic carbocycles. The topological polar surface area (TPSA) is 88.6 Å². The van der Waals surface area contributed by atoms with Crippen LogP contribution < -0.4 is 10.1 Å². The number of pyridine rings is 1. The van der Waals surface area contributed by atoms with Crippen molar-refractivity contribution in [2.24, 2.45) is 0 Å². The molecule has 7 nitrogen and oxygen atoms in total. The molecule has 1 heterocycles. The SMILES string of the molecule is COc1ccc(S(=O)(=O)N(C)C)cc1C(=O)Nc1ccnc2c(Cl)cccc12. The second kappa shape index (κ2) is 7.75. The number of carbonyl (C=O) groups excluding carboxylic acids is 1. The molecule has 0 radical (unpaired) electrons. The van der Waals surface area contributed by atoms with Crippen molar-refractivity contribution in [3.63, 3.8) is 0 Å². The van der Waals surface area contributed by atoms with E-state index in [1.807, 2.05) is 0 Å². The first-order valence-electron chi connectivity index (χ1n) is 8.21. The Bertz CT molecular complexity index is 1160. The predicted octanol–water partition coefficient (Wildman–Crippen LogP) is 3.40. The second-order valence-corrected chi connectivity index (χ2v) is 8.66. The third-order valence-corrected chi connectivity index (χ3v) is 6.28. The van der Waals surface area contributed by atoms with Crippen molar-refractivity contribution in [3.05, 3.63) is 59.2 Å². The zero-order chi connectivity index (χ0) is 20.5. The molecule has 0 bridgehead atoms. The van der Waals surface area contributed by atoms with Crippen LogP contribution in [0.3, 0.4) is 0 Å². The van der Waals surface area contributed by atoms with Crippen LogP contribution in [0.5, 0.6) is 5.75 Å². The number of sulfonamides is 1. The van der Waals surface area contributed by atoms with Crippen LogP contribution in [0.1, 0.15) is 10.4 Å². The molecule has 1 aromatic heterocycles. The molecule has 0 aliphatic rings. The molecule has 146 valence electrons. The fraction of sp³-hybridized carbons (Fsp3) is 0.158. The van der Waals surface area contributed by atoms with E-state index in [1.165, 1.54) is 45.6 Å². The van der Waals surface area contributed by atoms with Gasteiger partial charge >= 0.3 is 0 Å². The van der Waals surface area contributed by atoms with Gasteiger partial charge in [-0.15, -0.1) is 0 Å². The van der Waals surface area contributed by atoms with Crippen LogP contribution >= 0.6 is 11.6 Å². The molecule has 3 rings (SSSR count). The normalized spacial score (nSPS) is 11.6. The molecule has 3 aromatic rings. The Kier molecular flexibility index (Phi) is 5.55. The van der Waals surface area contributed by atoms with Gasteiger partial charge in [-0.3, -0.25) is 9.78 Å². The van der Waals surface area contributed by atoms with E-state index in [0.29, 0.717) is 21.6 Å². The molecule has 1 N–H and O–H groups in total. The highest BCUT2D eigenvalue weighted by Crippen LogP contribution is 2.29. The summed E-state index contributed by atoms with van der Waals surface area (Å²) in [5.74, 6) is -0.258. The minimum Gasteiger partial charge on any atom is -0.496 e. The van der Waals surface area contributed by atoms with Crippen molar-refractivity contribution < 1.29 is 17.9 Å². The summed E-state index contributed by atoms with van der Waals surface area (Å²) in [6, 6.07) is 11.0. The van der Waals surface area contributed by atoms with Crippen molar-refractivity contribution in [1.82, 2.24) is 9.29 Å². The second-order valence-electron chi connectivity index (χ2n) is 6.10. The zero-order valence-corrected chi connectivity index (χ0v) is 17.0. The maximum Gasteiger partial charge on any atom is 0.259 e. The monoisotopic (exact) mass is 419 g/mol. The summed E-state index contributed by atoms with van der Waals surface area (Å²) in [4.78, 5) is 17.1. The first kappa shape index (κ1) is 20.1. The lowest BCUT2D eigenvalue weighted by molar-refractivity contribution is 0.102. The Morgan fingerprint density at radius 3 is 2.61 bits per heavy atom. The smallest absolute Gasteiger partial charge is 0.259 e. The first-order chi connectivity index (χ1) is 13.3. The van der Waals surface area contributed by atoms with Crippen LogP contribution in [0.4, 0.5) is 5.69 Å². The van der Waals surface area contributed by atoms with E-state index < -0.39 is 15.9 Å². The number of nitrogens with one attached hydrogen (secondary N) is 1. The maximum atomic E-state index is 12.9. The average Bonchev–Trinajstić information content (AvgIpc) is 2.68. The molecule has 2 aromatic carbocycles. The maximum absolute atomic E-state index is 12.9. The Labute approximate surface area is 167 Å². The standard InChI is InChI=1S/C19H18ClN3O4S/c1-23(2)28(25,26)12-7-8-17(27-3)14(11-12)19(24)22-16-9-10-21-18-13(16)5-4-6-15(18)20/h4-11H,1-3H3,(H,21,22,24). The van der Waals surface area contributed by atoms with E-state index in [2.05, 4.69) is 10.3 Å². The molecule has 1 amide bonds. The van der Waals surface area contributed by atoms with Crippen molar-refractivity contribution in [1.29, 1.82) is 0 Å². The molecule has 0 atom stereocenters. The quantitative estimate of drug-likeness (QED) is 0.684. The summed E-state index contributed by atoms with van der Waals surface area (Å²) in [5.41, 5.74) is 1.15. The fourth-order valence-electron chi connectivity index (χ4n) is 2.67. The van der Waals surface area contributed by atoms with Crippen LogP contribution in [0, 0.1) is 0 Å². The van der Waals surface area contributed by atoms with Gasteiger partial charge in [0.2, 0.25) is 10.0 Å². The van der Waals surface area contributed by atoms with Gasteiger partial charge in [0.1, 0.15) is 5.75 Å². The zero-order valence-electron chi connectivity index (χ0n) is 15.4. The number of hydrogen-bond acceptors (Lipinski definition) is 5. The lowest BCUT2D eigenvalue weighted by Crippen LogP contribution is -2.23. The number of hydrogen-bond donors (Lipinski definition) is 1. The molecule has 28 heavy (non-hydrogen) atoms. The van der Waals surface area contributed by atoms with E-state index in [1.54, 1.807) is 24.3 Å². The van der Waals surface area contributed by atoms with E-state index in [-0.39, 0.29) is 16.2 Å². The fourth-order valence-corrected chi connectivity index (χ4v) is 3.83. The van der Waals surface area contributed by atoms with Crippen molar-refractivity contribution in [2.75, 3.05) is 26.5 Å². The Hall–Kier alpha value is -2.68. The lowest BCUT2D eigenvalue weighted by atomic mass is 10.1. The van der Waals surface area contributed by atoms with Gasteiger partial charge in [-0.05, 0) is 30.3 Å². The number of ether oxygens (including phenoxy) is 1. The number of halogens is 1. The van der Waals surface area contributed by atoms with E-state index in [4.69, 9.17) is 16.3 Å². The van der Waals surface area contributed by atoms with Crippen LogP contribution in [0.2, 0.25) is 5.02 Å². The minimum absolute atomic E-state index is 0.00826. The van der Waals surface area contributed by atoms with Gasteiger partial charge in [-0.1, -0.05) is 23.7 Å². The van der Waals surface area contributed by atoms with Gasteiger partial charge in [0, 0.05) is 25.7 Å². The van der Waals surface area contributed by atoms with Crippen molar-refractivity contribution in [2.45, 2.75) is 4.90 Å². The van der Waals surface area contributed by atoms with Crippen LogP contribution in [-0.2, 0) is 10.0 Å². The van der Waals surface area contributed by atoms with E-state index in [9.17, 15) is 13.2 Å².